The Morgan fingerprint density at radius 2 is 2.00 bits per heavy atom. The van der Waals surface area contributed by atoms with Gasteiger partial charge in [-0.2, -0.15) is 13.2 Å². The van der Waals surface area contributed by atoms with Crippen LogP contribution in [0.25, 0.3) is 0 Å². The standard InChI is InChI=1S/C15H26F3N3O2.ClH/c16-15(17,18)13(21-8-6-19-7-9-21)11-20-14(22)5-4-12-3-1-2-10-23-12;/h12-13,19H,1-11H2,(H,20,22);1H. The normalized spacial score (nSPS) is 24.0. The van der Waals surface area contributed by atoms with Gasteiger partial charge in [-0.3, -0.25) is 9.69 Å². The average Bonchev–Trinajstić information content (AvgIpc) is 2.54. The Hall–Kier alpha value is -0.570. The number of halogens is 4. The number of hydrogen-bond acceptors (Lipinski definition) is 4. The van der Waals surface area contributed by atoms with Gasteiger partial charge in [0.2, 0.25) is 5.91 Å². The van der Waals surface area contributed by atoms with Crippen molar-refractivity contribution in [3.63, 3.8) is 0 Å². The third-order valence-corrected chi connectivity index (χ3v) is 4.43. The van der Waals surface area contributed by atoms with Crippen molar-refractivity contribution >= 4 is 18.3 Å². The number of ether oxygens (including phenoxy) is 1. The highest BCUT2D eigenvalue weighted by molar-refractivity contribution is 5.85. The summed E-state index contributed by atoms with van der Waals surface area (Å²) in [6, 6.07) is -1.61. The van der Waals surface area contributed by atoms with E-state index in [2.05, 4.69) is 10.6 Å². The van der Waals surface area contributed by atoms with Crippen molar-refractivity contribution in [3.05, 3.63) is 0 Å². The molecule has 2 aliphatic heterocycles. The van der Waals surface area contributed by atoms with E-state index in [1.807, 2.05) is 0 Å². The van der Waals surface area contributed by atoms with Crippen LogP contribution >= 0.6 is 12.4 Å². The molecule has 2 unspecified atom stereocenters. The first-order valence-electron chi connectivity index (χ1n) is 8.36. The summed E-state index contributed by atoms with van der Waals surface area (Å²) in [7, 11) is 0. The van der Waals surface area contributed by atoms with Gasteiger partial charge in [0.05, 0.1) is 6.10 Å². The van der Waals surface area contributed by atoms with Gasteiger partial charge >= 0.3 is 6.18 Å². The molecule has 9 heteroatoms. The molecule has 2 heterocycles. The van der Waals surface area contributed by atoms with Gasteiger partial charge in [0.15, 0.2) is 0 Å². The molecule has 0 aromatic rings. The molecule has 0 aromatic carbocycles. The molecule has 142 valence electrons. The Morgan fingerprint density at radius 1 is 1.29 bits per heavy atom. The molecule has 2 rings (SSSR count). The fourth-order valence-electron chi connectivity index (χ4n) is 3.07. The van der Waals surface area contributed by atoms with Gasteiger partial charge in [0.25, 0.3) is 0 Å². The number of nitrogens with one attached hydrogen (secondary N) is 2. The summed E-state index contributed by atoms with van der Waals surface area (Å²) >= 11 is 0. The smallest absolute Gasteiger partial charge is 0.378 e. The number of nitrogens with zero attached hydrogens (tertiary/aromatic N) is 1. The summed E-state index contributed by atoms with van der Waals surface area (Å²) in [6.45, 7) is 2.10. The van der Waals surface area contributed by atoms with Crippen LogP contribution in [0.3, 0.4) is 0 Å². The maximum absolute atomic E-state index is 13.2. The molecule has 24 heavy (non-hydrogen) atoms. The van der Waals surface area contributed by atoms with E-state index in [0.717, 1.165) is 19.3 Å². The van der Waals surface area contributed by atoms with E-state index in [4.69, 9.17) is 4.74 Å². The minimum atomic E-state index is -4.34. The van der Waals surface area contributed by atoms with E-state index in [1.165, 1.54) is 4.90 Å². The zero-order chi connectivity index (χ0) is 16.7. The number of carbonyl (C=O) groups is 1. The fraction of sp³-hybridized carbons (Fsp3) is 0.933. The number of rotatable bonds is 6. The predicted molar refractivity (Wildman–Crippen MR) is 87.4 cm³/mol. The van der Waals surface area contributed by atoms with Gasteiger partial charge in [-0.1, -0.05) is 0 Å². The summed E-state index contributed by atoms with van der Waals surface area (Å²) in [5.74, 6) is -0.330. The molecule has 2 N–H and O–H groups in total. The van der Waals surface area contributed by atoms with Gasteiger partial charge < -0.3 is 15.4 Å². The van der Waals surface area contributed by atoms with Crippen molar-refractivity contribution in [1.29, 1.82) is 0 Å². The van der Waals surface area contributed by atoms with Crippen molar-refractivity contribution in [1.82, 2.24) is 15.5 Å². The number of hydrogen-bond donors (Lipinski definition) is 2. The van der Waals surface area contributed by atoms with Crippen molar-refractivity contribution in [3.8, 4) is 0 Å². The van der Waals surface area contributed by atoms with Gasteiger partial charge in [0, 0.05) is 45.8 Å². The van der Waals surface area contributed by atoms with E-state index in [0.29, 0.717) is 39.2 Å². The highest BCUT2D eigenvalue weighted by atomic mass is 35.5. The van der Waals surface area contributed by atoms with Crippen LogP contribution in [0, 0.1) is 0 Å². The number of amides is 1. The second-order valence-corrected chi connectivity index (χ2v) is 6.17. The predicted octanol–water partition coefficient (Wildman–Crippen LogP) is 1.71. The molecule has 0 aromatic heterocycles. The molecule has 0 aliphatic carbocycles. The lowest BCUT2D eigenvalue weighted by atomic mass is 10.0. The van der Waals surface area contributed by atoms with Crippen LogP contribution in [0.1, 0.15) is 32.1 Å². The van der Waals surface area contributed by atoms with E-state index >= 15 is 0 Å². The van der Waals surface area contributed by atoms with Gasteiger partial charge in [-0.25, -0.2) is 0 Å². The van der Waals surface area contributed by atoms with Crippen LogP contribution in [0.2, 0.25) is 0 Å². The molecule has 0 spiro atoms. The third kappa shape index (κ3) is 7.13. The first kappa shape index (κ1) is 21.5. The lowest BCUT2D eigenvalue weighted by Gasteiger charge is -2.36. The number of carbonyl (C=O) groups excluding carboxylic acids is 1. The van der Waals surface area contributed by atoms with E-state index in [-0.39, 0.29) is 37.4 Å². The maximum atomic E-state index is 13.2. The summed E-state index contributed by atoms with van der Waals surface area (Å²) in [5, 5.41) is 5.48. The van der Waals surface area contributed by atoms with Gasteiger partial charge in [0.1, 0.15) is 6.04 Å². The van der Waals surface area contributed by atoms with Crippen LogP contribution in [-0.4, -0.2) is 68.5 Å². The molecule has 2 fully saturated rings. The highest BCUT2D eigenvalue weighted by Gasteiger charge is 2.43. The summed E-state index contributed by atoms with van der Waals surface area (Å²) in [6.07, 6.45) is -0.406. The van der Waals surface area contributed by atoms with Gasteiger partial charge in [-0.05, 0) is 25.7 Å². The first-order valence-corrected chi connectivity index (χ1v) is 8.36. The zero-order valence-electron chi connectivity index (χ0n) is 13.7. The molecule has 2 aliphatic rings. The molecule has 0 radical (unpaired) electrons. The molecule has 1 amide bonds. The summed E-state index contributed by atoms with van der Waals surface area (Å²) in [4.78, 5) is 13.2. The van der Waals surface area contributed by atoms with Crippen molar-refractivity contribution < 1.29 is 22.7 Å². The Balaban J connectivity index is 0.00000288. The minimum Gasteiger partial charge on any atom is -0.378 e. The third-order valence-electron chi connectivity index (χ3n) is 4.43. The monoisotopic (exact) mass is 373 g/mol. The maximum Gasteiger partial charge on any atom is 0.405 e. The van der Waals surface area contributed by atoms with Crippen LogP contribution in [0.4, 0.5) is 13.2 Å². The lowest BCUT2D eigenvalue weighted by Crippen LogP contribution is -2.57. The van der Waals surface area contributed by atoms with E-state index in [9.17, 15) is 18.0 Å². The first-order chi connectivity index (χ1) is 11.0. The quantitative estimate of drug-likeness (QED) is 0.744. The Labute approximate surface area is 147 Å². The molecular weight excluding hydrogens is 347 g/mol. The van der Waals surface area contributed by atoms with E-state index in [1.54, 1.807) is 0 Å². The largest absolute Gasteiger partial charge is 0.405 e. The Bertz CT molecular complexity index is 373. The lowest BCUT2D eigenvalue weighted by molar-refractivity contribution is -0.184. The SMILES string of the molecule is Cl.O=C(CCC1CCCCO1)NCC(N1CCNCC1)C(F)(F)F. The van der Waals surface area contributed by atoms with Crippen molar-refractivity contribution in [2.75, 3.05) is 39.3 Å². The van der Waals surface area contributed by atoms with Gasteiger partial charge in [-0.15, -0.1) is 12.4 Å². The zero-order valence-corrected chi connectivity index (χ0v) is 14.6. The molecular formula is C15H27ClF3N3O2. The molecule has 0 bridgehead atoms. The summed E-state index contributed by atoms with van der Waals surface area (Å²) < 4.78 is 45.1. The highest BCUT2D eigenvalue weighted by Crippen LogP contribution is 2.25. The molecule has 2 saturated heterocycles. The second-order valence-electron chi connectivity index (χ2n) is 6.17. The summed E-state index contributed by atoms with van der Waals surface area (Å²) in [5.41, 5.74) is 0. The Kier molecular flexibility index (Phi) is 9.33. The second kappa shape index (κ2) is 10.4. The molecule has 5 nitrogen and oxygen atoms in total. The Morgan fingerprint density at radius 3 is 2.58 bits per heavy atom. The number of alkyl halides is 3. The van der Waals surface area contributed by atoms with Crippen LogP contribution in [0.5, 0.6) is 0 Å². The average molecular weight is 374 g/mol. The molecule has 0 saturated carbocycles. The van der Waals surface area contributed by atoms with Crippen LogP contribution in [-0.2, 0) is 9.53 Å². The van der Waals surface area contributed by atoms with Crippen LogP contribution in [0.15, 0.2) is 0 Å². The number of piperazine rings is 1. The van der Waals surface area contributed by atoms with Crippen molar-refractivity contribution in [2.45, 2.75) is 50.4 Å². The van der Waals surface area contributed by atoms with Crippen molar-refractivity contribution in [2.24, 2.45) is 0 Å². The topological polar surface area (TPSA) is 53.6 Å². The van der Waals surface area contributed by atoms with E-state index < -0.39 is 12.2 Å². The minimum absolute atomic E-state index is 0. The fourth-order valence-corrected chi connectivity index (χ4v) is 3.07. The van der Waals surface area contributed by atoms with Crippen LogP contribution < -0.4 is 10.6 Å². The molecule has 2 atom stereocenters.